The van der Waals surface area contributed by atoms with Crippen LogP contribution < -0.4 is 11.1 Å². The summed E-state index contributed by atoms with van der Waals surface area (Å²) in [5.74, 6) is 0.202. The number of anilines is 2. The molecule has 2 aromatic carbocycles. The number of amides is 1. The molecule has 6 heteroatoms. The Hall–Kier alpha value is -3.41. The molecule has 2 heterocycles. The molecule has 1 amide bonds. The monoisotopic (exact) mass is 385 g/mol. The maximum atomic E-state index is 13.2. The lowest BCUT2D eigenvalue weighted by Gasteiger charge is -2.25. The van der Waals surface area contributed by atoms with E-state index in [1.165, 1.54) is 6.42 Å². The topological polar surface area (TPSA) is 85.8 Å². The highest BCUT2D eigenvalue weighted by Crippen LogP contribution is 2.37. The lowest BCUT2D eigenvalue weighted by atomic mass is 9.95. The molecule has 146 valence electrons. The van der Waals surface area contributed by atoms with E-state index in [9.17, 15) is 4.79 Å². The quantitative estimate of drug-likeness (QED) is 0.524. The number of hydrogen-bond acceptors (Lipinski definition) is 4. The molecule has 0 radical (unpaired) electrons. The fourth-order valence-corrected chi connectivity index (χ4v) is 4.33. The van der Waals surface area contributed by atoms with Gasteiger partial charge in [-0.3, -0.25) is 4.79 Å². The molecular weight excluding hydrogens is 362 g/mol. The van der Waals surface area contributed by atoms with Gasteiger partial charge < -0.3 is 15.6 Å². The van der Waals surface area contributed by atoms with Gasteiger partial charge in [-0.2, -0.15) is 0 Å². The van der Waals surface area contributed by atoms with Crippen LogP contribution in [-0.4, -0.2) is 20.4 Å². The van der Waals surface area contributed by atoms with Crippen molar-refractivity contribution in [1.29, 1.82) is 0 Å². The molecule has 6 nitrogen and oxygen atoms in total. The minimum absolute atomic E-state index is 0.250. The summed E-state index contributed by atoms with van der Waals surface area (Å²) >= 11 is 0. The summed E-state index contributed by atoms with van der Waals surface area (Å²) in [6, 6.07) is 17.4. The third-order valence-electron chi connectivity index (χ3n) is 5.73. The predicted molar refractivity (Wildman–Crippen MR) is 116 cm³/mol. The smallest absolute Gasteiger partial charge is 0.261 e. The summed E-state index contributed by atoms with van der Waals surface area (Å²) in [7, 11) is 0. The van der Waals surface area contributed by atoms with Gasteiger partial charge >= 0.3 is 0 Å². The van der Waals surface area contributed by atoms with Crippen molar-refractivity contribution in [2.75, 3.05) is 11.1 Å². The van der Waals surface area contributed by atoms with Crippen molar-refractivity contribution in [3.05, 3.63) is 60.2 Å². The average Bonchev–Trinajstić information content (AvgIpc) is 3.04. The summed E-state index contributed by atoms with van der Waals surface area (Å²) in [6.45, 7) is 0. The van der Waals surface area contributed by atoms with Crippen molar-refractivity contribution in [1.82, 2.24) is 14.5 Å². The maximum absolute atomic E-state index is 13.2. The van der Waals surface area contributed by atoms with E-state index in [1.807, 2.05) is 59.2 Å². The van der Waals surface area contributed by atoms with Gasteiger partial charge in [0.1, 0.15) is 16.9 Å². The number of fused-ring (bicyclic) bond motifs is 2. The van der Waals surface area contributed by atoms with Crippen LogP contribution in [0.5, 0.6) is 0 Å². The normalized spacial score (nSPS) is 15.0. The van der Waals surface area contributed by atoms with Crippen molar-refractivity contribution in [2.45, 2.75) is 38.1 Å². The number of nitrogens with one attached hydrogen (secondary N) is 1. The van der Waals surface area contributed by atoms with Gasteiger partial charge in [-0.25, -0.2) is 9.97 Å². The van der Waals surface area contributed by atoms with Crippen LogP contribution in [0, 0.1) is 0 Å². The Balaban J connectivity index is 1.70. The van der Waals surface area contributed by atoms with Gasteiger partial charge in [0, 0.05) is 11.7 Å². The molecule has 2 aromatic heterocycles. The van der Waals surface area contributed by atoms with E-state index in [4.69, 9.17) is 15.7 Å². The van der Waals surface area contributed by atoms with Gasteiger partial charge in [-0.1, -0.05) is 49.6 Å². The van der Waals surface area contributed by atoms with E-state index in [2.05, 4.69) is 5.32 Å². The zero-order chi connectivity index (χ0) is 19.8. The number of hydrogen-bond donors (Lipinski definition) is 2. The Labute approximate surface area is 168 Å². The van der Waals surface area contributed by atoms with Gasteiger partial charge in [-0.05, 0) is 37.1 Å². The first-order chi connectivity index (χ1) is 14.2. The van der Waals surface area contributed by atoms with Crippen molar-refractivity contribution in [3.8, 4) is 0 Å². The molecular formula is C23H23N5O. The zero-order valence-electron chi connectivity index (χ0n) is 16.1. The van der Waals surface area contributed by atoms with Crippen LogP contribution in [0.1, 0.15) is 48.5 Å². The first kappa shape index (κ1) is 17.7. The fourth-order valence-electron chi connectivity index (χ4n) is 4.33. The molecule has 0 spiro atoms. The summed E-state index contributed by atoms with van der Waals surface area (Å²) in [5, 5.41) is 2.96. The molecule has 3 N–H and O–H groups in total. The minimum Gasteiger partial charge on any atom is -0.384 e. The first-order valence-electron chi connectivity index (χ1n) is 10.1. The SMILES string of the molecule is Nc1c(C(=O)Nc2ccccc2)c2nc3ccccc3nc2n1C1CCCCC1. The summed E-state index contributed by atoms with van der Waals surface area (Å²) in [4.78, 5) is 22.9. The second-order valence-corrected chi connectivity index (χ2v) is 7.63. The van der Waals surface area contributed by atoms with Gasteiger partial charge in [0.15, 0.2) is 5.65 Å². The number of carbonyl (C=O) groups excluding carboxylic acids is 1. The molecule has 0 unspecified atom stereocenters. The summed E-state index contributed by atoms with van der Waals surface area (Å²) in [5.41, 5.74) is 10.6. The van der Waals surface area contributed by atoms with Crippen molar-refractivity contribution in [3.63, 3.8) is 0 Å². The van der Waals surface area contributed by atoms with Crippen LogP contribution in [0.15, 0.2) is 54.6 Å². The lowest BCUT2D eigenvalue weighted by Crippen LogP contribution is -2.18. The van der Waals surface area contributed by atoms with Gasteiger partial charge in [-0.15, -0.1) is 0 Å². The number of rotatable bonds is 3. The largest absolute Gasteiger partial charge is 0.384 e. The lowest BCUT2D eigenvalue weighted by molar-refractivity contribution is 0.102. The van der Waals surface area contributed by atoms with Crippen molar-refractivity contribution < 1.29 is 4.79 Å². The number of nitrogen functional groups attached to an aromatic ring is 1. The Morgan fingerprint density at radius 1 is 0.931 bits per heavy atom. The number of benzene rings is 2. The number of nitrogens with zero attached hydrogens (tertiary/aromatic N) is 3. The van der Waals surface area contributed by atoms with Crippen LogP contribution in [0.25, 0.3) is 22.2 Å². The predicted octanol–water partition coefficient (Wildman–Crippen LogP) is 4.92. The van der Waals surface area contributed by atoms with Crippen LogP contribution in [0.3, 0.4) is 0 Å². The van der Waals surface area contributed by atoms with Gasteiger partial charge in [0.2, 0.25) is 0 Å². The highest BCUT2D eigenvalue weighted by atomic mass is 16.1. The summed E-state index contributed by atoms with van der Waals surface area (Å²) in [6.07, 6.45) is 5.66. The van der Waals surface area contributed by atoms with Gasteiger partial charge in [0.25, 0.3) is 5.91 Å². The van der Waals surface area contributed by atoms with Crippen molar-refractivity contribution in [2.24, 2.45) is 0 Å². The highest BCUT2D eigenvalue weighted by Gasteiger charge is 2.28. The molecule has 5 rings (SSSR count). The van der Waals surface area contributed by atoms with Crippen LogP contribution in [-0.2, 0) is 0 Å². The van der Waals surface area contributed by atoms with Gasteiger partial charge in [0.05, 0.1) is 11.0 Å². The number of aromatic nitrogens is 3. The fraction of sp³-hybridized carbons (Fsp3) is 0.261. The Kier molecular flexibility index (Phi) is 4.39. The second-order valence-electron chi connectivity index (χ2n) is 7.63. The molecule has 0 bridgehead atoms. The van der Waals surface area contributed by atoms with E-state index in [1.54, 1.807) is 0 Å². The minimum atomic E-state index is -0.252. The van der Waals surface area contributed by atoms with E-state index < -0.39 is 0 Å². The molecule has 1 fully saturated rings. The third-order valence-corrected chi connectivity index (χ3v) is 5.73. The number of para-hydroxylation sites is 3. The molecule has 0 saturated heterocycles. The Morgan fingerprint density at radius 3 is 2.31 bits per heavy atom. The molecule has 29 heavy (non-hydrogen) atoms. The second kappa shape index (κ2) is 7.20. The zero-order valence-corrected chi connectivity index (χ0v) is 16.1. The molecule has 1 aliphatic carbocycles. The first-order valence-corrected chi connectivity index (χ1v) is 10.1. The average molecular weight is 385 g/mol. The molecule has 4 aromatic rings. The molecule has 1 saturated carbocycles. The van der Waals surface area contributed by atoms with Crippen molar-refractivity contribution >= 4 is 39.6 Å². The number of nitrogens with two attached hydrogens (primary N) is 1. The van der Waals surface area contributed by atoms with Crippen LogP contribution in [0.4, 0.5) is 11.5 Å². The van der Waals surface area contributed by atoms with E-state index in [0.717, 1.165) is 42.4 Å². The van der Waals surface area contributed by atoms with E-state index in [0.29, 0.717) is 22.5 Å². The van der Waals surface area contributed by atoms with E-state index >= 15 is 0 Å². The molecule has 0 aliphatic heterocycles. The highest BCUT2D eigenvalue weighted by molar-refractivity contribution is 6.16. The Bertz CT molecular complexity index is 1190. The molecule has 1 aliphatic rings. The standard InChI is InChI=1S/C23H23N5O/c24-21-19(23(29)25-15-9-3-1-4-10-15)20-22(28(21)16-11-5-2-6-12-16)27-18-14-8-7-13-17(18)26-20/h1,3-4,7-10,13-14,16H,2,5-6,11-12,24H2,(H,25,29). The van der Waals surface area contributed by atoms with E-state index in [-0.39, 0.29) is 11.9 Å². The third kappa shape index (κ3) is 3.10. The number of carbonyl (C=O) groups is 1. The Morgan fingerprint density at radius 2 is 1.59 bits per heavy atom. The maximum Gasteiger partial charge on any atom is 0.261 e. The van der Waals surface area contributed by atoms with Crippen LogP contribution >= 0.6 is 0 Å². The van der Waals surface area contributed by atoms with Crippen LogP contribution in [0.2, 0.25) is 0 Å². The molecule has 0 atom stereocenters. The summed E-state index contributed by atoms with van der Waals surface area (Å²) < 4.78 is 2.05.